The molecule has 0 amide bonds. The van der Waals surface area contributed by atoms with Crippen molar-refractivity contribution in [2.45, 2.75) is 51.8 Å². The van der Waals surface area contributed by atoms with Gasteiger partial charge in [-0.3, -0.25) is 9.29 Å². The predicted molar refractivity (Wildman–Crippen MR) is 137 cm³/mol. The highest BCUT2D eigenvalue weighted by molar-refractivity contribution is 7.93. The van der Waals surface area contributed by atoms with Crippen molar-refractivity contribution in [1.29, 1.82) is 0 Å². The van der Waals surface area contributed by atoms with Gasteiger partial charge in [-0.2, -0.15) is 0 Å². The van der Waals surface area contributed by atoms with E-state index in [4.69, 9.17) is 20.9 Å². The molecule has 4 rings (SSSR count). The van der Waals surface area contributed by atoms with E-state index in [0.717, 1.165) is 5.56 Å². The molecule has 196 valence electrons. The van der Waals surface area contributed by atoms with E-state index >= 15 is 0 Å². The van der Waals surface area contributed by atoms with Crippen molar-refractivity contribution in [3.8, 4) is 17.4 Å². The van der Waals surface area contributed by atoms with Gasteiger partial charge >= 0.3 is 0 Å². The third kappa shape index (κ3) is 5.27. The summed E-state index contributed by atoms with van der Waals surface area (Å²) in [5.41, 5.74) is 1.89. The lowest BCUT2D eigenvalue weighted by molar-refractivity contribution is 0.391. The van der Waals surface area contributed by atoms with Crippen LogP contribution in [-0.2, 0) is 10.0 Å². The number of hydrogen-bond donors (Lipinski definition) is 1. The van der Waals surface area contributed by atoms with E-state index in [0.29, 0.717) is 39.7 Å². The smallest absolute Gasteiger partial charge is 0.239 e. The Hall–Kier alpha value is -3.58. The Morgan fingerprint density at radius 1 is 1.11 bits per heavy atom. The molecule has 0 radical (unpaired) electrons. The van der Waals surface area contributed by atoms with Crippen LogP contribution in [0.4, 0.5) is 5.95 Å². The number of halogens is 1. The van der Waals surface area contributed by atoms with E-state index in [1.807, 2.05) is 13.8 Å². The highest BCUT2D eigenvalue weighted by atomic mass is 35.5. The number of nitrogens with one attached hydrogen (secondary N) is 1. The Balaban J connectivity index is 1.77. The summed E-state index contributed by atoms with van der Waals surface area (Å²) >= 11 is 5.88. The van der Waals surface area contributed by atoms with Crippen molar-refractivity contribution in [1.82, 2.24) is 34.9 Å². The molecule has 4 aromatic heterocycles. The Bertz CT molecular complexity index is 1480. The maximum Gasteiger partial charge on any atom is 0.239 e. The van der Waals surface area contributed by atoms with Gasteiger partial charge in [0.1, 0.15) is 17.3 Å². The summed E-state index contributed by atoms with van der Waals surface area (Å²) in [7, 11) is -2.46. The Morgan fingerprint density at radius 3 is 2.43 bits per heavy atom. The van der Waals surface area contributed by atoms with Crippen molar-refractivity contribution < 1.29 is 17.7 Å². The van der Waals surface area contributed by atoms with Crippen molar-refractivity contribution in [3.05, 3.63) is 58.5 Å². The second-order valence-corrected chi connectivity index (χ2v) is 11.1. The third-order valence-corrected chi connectivity index (χ3v) is 8.28. The predicted octanol–water partition coefficient (Wildman–Crippen LogP) is 3.94. The van der Waals surface area contributed by atoms with E-state index in [9.17, 15) is 8.42 Å². The lowest BCUT2D eigenvalue weighted by Gasteiger charge is -2.22. The first-order chi connectivity index (χ1) is 17.5. The molecular formula is C23H27ClN8O4S. The van der Waals surface area contributed by atoms with Gasteiger partial charge in [-0.05, 0) is 33.8 Å². The fourth-order valence-electron chi connectivity index (χ4n) is 4.03. The van der Waals surface area contributed by atoms with Crippen LogP contribution in [0.15, 0.2) is 35.1 Å². The molecule has 0 saturated heterocycles. The average Bonchev–Trinajstić information content (AvgIpc) is 3.45. The van der Waals surface area contributed by atoms with Gasteiger partial charge in [-0.25, -0.2) is 23.4 Å². The first-order valence-corrected chi connectivity index (χ1v) is 13.3. The molecule has 0 unspecified atom stereocenters. The van der Waals surface area contributed by atoms with Crippen molar-refractivity contribution in [3.63, 3.8) is 0 Å². The van der Waals surface area contributed by atoms with E-state index in [-0.39, 0.29) is 5.95 Å². The minimum Gasteiger partial charge on any atom is -0.481 e. The van der Waals surface area contributed by atoms with E-state index in [1.165, 1.54) is 19.5 Å². The average molecular weight is 547 g/mol. The zero-order chi connectivity index (χ0) is 26.9. The van der Waals surface area contributed by atoms with E-state index in [1.54, 1.807) is 43.5 Å². The zero-order valence-corrected chi connectivity index (χ0v) is 22.7. The number of aromatic nitrogens is 7. The molecule has 4 aromatic rings. The Kier molecular flexibility index (Phi) is 7.46. The third-order valence-electron chi connectivity index (χ3n) is 6.23. The SMILES string of the molecule is COc1cccc(-c2nnc(NS(=O)(=O)[C@@H](C)[C@H](C)c3ncc(Cl)cn3)n2[C@H](C)c2c(C)noc2C)n1. The fourth-order valence-corrected chi connectivity index (χ4v) is 5.36. The Morgan fingerprint density at radius 2 is 1.81 bits per heavy atom. The van der Waals surface area contributed by atoms with Crippen LogP contribution in [0.25, 0.3) is 11.5 Å². The molecule has 0 saturated carbocycles. The number of aryl methyl sites for hydroxylation is 2. The molecule has 0 aliphatic heterocycles. The van der Waals surface area contributed by atoms with Gasteiger partial charge in [-0.15, -0.1) is 10.2 Å². The summed E-state index contributed by atoms with van der Waals surface area (Å²) in [5.74, 6) is 1.15. The van der Waals surface area contributed by atoms with E-state index in [2.05, 4.69) is 35.0 Å². The molecule has 12 nitrogen and oxygen atoms in total. The van der Waals surface area contributed by atoms with Crippen molar-refractivity contribution in [2.24, 2.45) is 0 Å². The van der Waals surface area contributed by atoms with Gasteiger partial charge in [0, 0.05) is 29.9 Å². The summed E-state index contributed by atoms with van der Waals surface area (Å²) in [4.78, 5) is 12.8. The minimum atomic E-state index is -3.97. The molecular weight excluding hydrogens is 520 g/mol. The van der Waals surface area contributed by atoms with Crippen LogP contribution < -0.4 is 9.46 Å². The van der Waals surface area contributed by atoms with Crippen LogP contribution in [-0.4, -0.2) is 55.7 Å². The fraction of sp³-hybridized carbons (Fsp3) is 0.391. The standard InChI is InChI=1S/C23H27ClN8O4S/c1-12(21-25-10-17(24)11-26-21)16(5)37(33,34)31-23-29-28-22(18-8-7-9-19(27-18)35-6)32(23)14(3)20-13(2)30-36-15(20)4/h7-12,14,16H,1-6H3,(H,29,31)/t12-,14+,16-/m0/s1. The van der Waals surface area contributed by atoms with Crippen LogP contribution >= 0.6 is 11.6 Å². The molecule has 37 heavy (non-hydrogen) atoms. The highest BCUT2D eigenvalue weighted by Gasteiger charge is 2.33. The van der Waals surface area contributed by atoms with Crippen molar-refractivity contribution in [2.75, 3.05) is 11.8 Å². The molecule has 0 bridgehead atoms. The molecule has 4 heterocycles. The van der Waals surface area contributed by atoms with Crippen molar-refractivity contribution >= 4 is 27.6 Å². The van der Waals surface area contributed by atoms with E-state index < -0.39 is 27.2 Å². The molecule has 0 aromatic carbocycles. The lowest BCUT2D eigenvalue weighted by Crippen LogP contribution is -2.32. The molecule has 14 heteroatoms. The largest absolute Gasteiger partial charge is 0.481 e. The van der Waals surface area contributed by atoms with Crippen LogP contribution in [0.3, 0.4) is 0 Å². The number of sulfonamides is 1. The summed E-state index contributed by atoms with van der Waals surface area (Å²) in [6, 6.07) is 4.76. The summed E-state index contributed by atoms with van der Waals surface area (Å²) in [6.07, 6.45) is 2.87. The molecule has 0 aliphatic rings. The maximum atomic E-state index is 13.5. The summed E-state index contributed by atoms with van der Waals surface area (Å²) in [5, 5.41) is 12.0. The molecule has 3 atom stereocenters. The highest BCUT2D eigenvalue weighted by Crippen LogP contribution is 2.33. The topological polar surface area (TPSA) is 151 Å². The molecule has 1 N–H and O–H groups in total. The summed E-state index contributed by atoms with van der Waals surface area (Å²) in [6.45, 7) is 8.80. The van der Waals surface area contributed by atoms with Gasteiger partial charge in [0.25, 0.3) is 0 Å². The van der Waals surface area contributed by atoms with Gasteiger partial charge in [0.15, 0.2) is 5.82 Å². The number of pyridine rings is 1. The first kappa shape index (κ1) is 26.5. The minimum absolute atomic E-state index is 0.0168. The number of hydrogen-bond acceptors (Lipinski definition) is 10. The zero-order valence-electron chi connectivity index (χ0n) is 21.2. The van der Waals surface area contributed by atoms with Gasteiger partial charge in [0.2, 0.25) is 21.9 Å². The Labute approximate surface area is 219 Å². The number of ether oxygens (including phenoxy) is 1. The normalized spacial score (nSPS) is 14.2. The monoisotopic (exact) mass is 546 g/mol. The second-order valence-electron chi connectivity index (χ2n) is 8.60. The molecule has 0 aliphatic carbocycles. The quantitative estimate of drug-likeness (QED) is 0.327. The lowest BCUT2D eigenvalue weighted by atomic mass is 10.1. The van der Waals surface area contributed by atoms with Gasteiger partial charge < -0.3 is 9.26 Å². The second kappa shape index (κ2) is 10.4. The van der Waals surface area contributed by atoms with Crippen LogP contribution in [0.1, 0.15) is 55.6 Å². The van der Waals surface area contributed by atoms with Crippen LogP contribution in [0.2, 0.25) is 5.02 Å². The molecule has 0 spiro atoms. The van der Waals surface area contributed by atoms with Gasteiger partial charge in [0.05, 0.1) is 29.1 Å². The molecule has 0 fully saturated rings. The number of nitrogens with zero attached hydrogens (tertiary/aromatic N) is 7. The number of rotatable bonds is 9. The van der Waals surface area contributed by atoms with Crippen LogP contribution in [0, 0.1) is 13.8 Å². The van der Waals surface area contributed by atoms with Crippen LogP contribution in [0.5, 0.6) is 5.88 Å². The number of methoxy groups -OCH3 is 1. The summed E-state index contributed by atoms with van der Waals surface area (Å²) < 4.78 is 41.9. The van der Waals surface area contributed by atoms with Gasteiger partial charge in [-0.1, -0.05) is 29.7 Å². The first-order valence-electron chi connectivity index (χ1n) is 11.4. The maximum absolute atomic E-state index is 13.5. The number of anilines is 1.